The fraction of sp³-hybridized carbons (Fsp3) is 0.250. The average molecular weight is 545 g/mol. The fourth-order valence-corrected chi connectivity index (χ4v) is 3.96. The normalized spacial score (nSPS) is 12.9. The van der Waals surface area contributed by atoms with Crippen molar-refractivity contribution in [1.82, 2.24) is 29.7 Å². The summed E-state index contributed by atoms with van der Waals surface area (Å²) in [5.74, 6) is -1.36. The molecule has 1 aliphatic heterocycles. The Hall–Kier alpha value is -4.26. The molecule has 0 atom stereocenters. The van der Waals surface area contributed by atoms with Gasteiger partial charge in [0.25, 0.3) is 12.3 Å². The minimum atomic E-state index is -3.01. The van der Waals surface area contributed by atoms with E-state index in [2.05, 4.69) is 35.3 Å². The predicted molar refractivity (Wildman–Crippen MR) is 132 cm³/mol. The molecule has 1 aromatic carbocycles. The maximum Gasteiger partial charge on any atom is 0.280 e. The zero-order chi connectivity index (χ0) is 26.8. The first-order valence-electron chi connectivity index (χ1n) is 11.4. The van der Waals surface area contributed by atoms with Gasteiger partial charge >= 0.3 is 0 Å². The first kappa shape index (κ1) is 25.4. The highest BCUT2D eigenvalue weighted by molar-refractivity contribution is 6.31. The fourth-order valence-electron chi connectivity index (χ4n) is 3.80. The van der Waals surface area contributed by atoms with Crippen molar-refractivity contribution in [3.8, 4) is 17.1 Å². The molecular weight excluding hydrogens is 525 g/mol. The van der Waals surface area contributed by atoms with Gasteiger partial charge in [-0.15, -0.1) is 0 Å². The molecule has 0 unspecified atom stereocenters. The van der Waals surface area contributed by atoms with Crippen molar-refractivity contribution < 1.29 is 22.7 Å². The van der Waals surface area contributed by atoms with Gasteiger partial charge in [-0.3, -0.25) is 9.48 Å². The summed E-state index contributed by atoms with van der Waals surface area (Å²) in [4.78, 5) is 31.9. The average Bonchev–Trinajstić information content (AvgIpc) is 3.31. The van der Waals surface area contributed by atoms with Crippen LogP contribution in [-0.2, 0) is 6.54 Å². The number of halogens is 4. The van der Waals surface area contributed by atoms with Crippen molar-refractivity contribution >= 4 is 29.1 Å². The molecule has 10 nitrogen and oxygen atoms in total. The lowest BCUT2D eigenvalue weighted by molar-refractivity contribution is 0.101. The monoisotopic (exact) mass is 544 g/mol. The molecule has 1 fully saturated rings. The van der Waals surface area contributed by atoms with Gasteiger partial charge in [-0.1, -0.05) is 17.7 Å². The molecule has 0 aliphatic carbocycles. The standard InChI is InChI=1S/C24H20ClF3N8O2/c1-38-23-20(34-17(10-29-23)18-15(21(27)28)3-4-16(25)19(18)26)22(37)33-14-9-32-36(12-14)11-13-7-30-24(31-8-13)35-5-2-6-35/h3-4,7-10,12,21H,2,5-6,11H2,1H3,(H,33,37). The predicted octanol–water partition coefficient (Wildman–Crippen LogP) is 4.38. The Balaban J connectivity index is 1.35. The molecule has 38 heavy (non-hydrogen) atoms. The Morgan fingerprint density at radius 1 is 1.16 bits per heavy atom. The van der Waals surface area contributed by atoms with E-state index in [1.807, 2.05) is 0 Å². The summed E-state index contributed by atoms with van der Waals surface area (Å²) in [7, 11) is 1.26. The van der Waals surface area contributed by atoms with E-state index in [1.165, 1.54) is 13.3 Å². The summed E-state index contributed by atoms with van der Waals surface area (Å²) >= 11 is 5.81. The summed E-state index contributed by atoms with van der Waals surface area (Å²) in [6.45, 7) is 2.25. The van der Waals surface area contributed by atoms with Crippen LogP contribution in [0.5, 0.6) is 5.88 Å². The van der Waals surface area contributed by atoms with Crippen LogP contribution in [0.4, 0.5) is 24.8 Å². The quantitative estimate of drug-likeness (QED) is 0.348. The molecular formula is C24H20ClF3N8O2. The molecule has 1 aliphatic rings. The number of benzene rings is 1. The van der Waals surface area contributed by atoms with Crippen LogP contribution >= 0.6 is 11.6 Å². The van der Waals surface area contributed by atoms with Crippen molar-refractivity contribution in [2.24, 2.45) is 0 Å². The minimum Gasteiger partial charge on any atom is -0.479 e. The van der Waals surface area contributed by atoms with Crippen LogP contribution in [0.3, 0.4) is 0 Å². The van der Waals surface area contributed by atoms with Crippen LogP contribution < -0.4 is 15.0 Å². The van der Waals surface area contributed by atoms with Gasteiger partial charge in [0.15, 0.2) is 11.5 Å². The number of hydrogen-bond acceptors (Lipinski definition) is 8. The van der Waals surface area contributed by atoms with Crippen molar-refractivity contribution in [3.63, 3.8) is 0 Å². The van der Waals surface area contributed by atoms with E-state index >= 15 is 0 Å². The van der Waals surface area contributed by atoms with Crippen LogP contribution in [0.1, 0.15) is 34.5 Å². The lowest BCUT2D eigenvalue weighted by Gasteiger charge is -2.30. The first-order valence-corrected chi connectivity index (χ1v) is 11.8. The molecule has 0 radical (unpaired) electrons. The highest BCUT2D eigenvalue weighted by Crippen LogP contribution is 2.36. The Bertz CT molecular complexity index is 1480. The number of rotatable bonds is 8. The summed E-state index contributed by atoms with van der Waals surface area (Å²) in [6, 6.07) is 2.02. The number of anilines is 2. The van der Waals surface area contributed by atoms with E-state index in [4.69, 9.17) is 16.3 Å². The van der Waals surface area contributed by atoms with Gasteiger partial charge in [0.1, 0.15) is 0 Å². The molecule has 0 saturated carbocycles. The third kappa shape index (κ3) is 5.09. The molecule has 5 rings (SSSR count). The Kier molecular flexibility index (Phi) is 7.09. The Morgan fingerprint density at radius 2 is 1.92 bits per heavy atom. The number of methoxy groups -OCH3 is 1. The van der Waals surface area contributed by atoms with Crippen molar-refractivity contribution in [2.75, 3.05) is 30.4 Å². The number of nitrogens with zero attached hydrogens (tertiary/aromatic N) is 7. The van der Waals surface area contributed by atoms with Gasteiger partial charge < -0.3 is 15.0 Å². The lowest BCUT2D eigenvalue weighted by Crippen LogP contribution is -2.38. The second kappa shape index (κ2) is 10.6. The SMILES string of the molecule is COc1ncc(-c2c(C(F)F)ccc(Cl)c2F)nc1C(=O)Nc1cnn(Cc2cnc(N3CCC3)nc2)c1. The zero-order valence-corrected chi connectivity index (χ0v) is 20.7. The first-order chi connectivity index (χ1) is 18.3. The van der Waals surface area contributed by atoms with E-state index in [9.17, 15) is 18.0 Å². The molecule has 196 valence electrons. The molecule has 14 heteroatoms. The smallest absolute Gasteiger partial charge is 0.280 e. The maximum atomic E-state index is 14.7. The molecule has 1 N–H and O–H groups in total. The van der Waals surface area contributed by atoms with E-state index in [-0.39, 0.29) is 22.3 Å². The van der Waals surface area contributed by atoms with Crippen LogP contribution in [-0.4, -0.2) is 55.8 Å². The second-order valence-electron chi connectivity index (χ2n) is 8.35. The van der Waals surface area contributed by atoms with Crippen LogP contribution in [0.15, 0.2) is 43.1 Å². The molecule has 4 aromatic rings. The topological polar surface area (TPSA) is 111 Å². The number of carbonyl (C=O) groups is 1. The highest BCUT2D eigenvalue weighted by Gasteiger charge is 2.25. The number of hydrogen-bond donors (Lipinski definition) is 1. The van der Waals surface area contributed by atoms with E-state index in [0.29, 0.717) is 18.2 Å². The van der Waals surface area contributed by atoms with E-state index < -0.39 is 29.3 Å². The largest absolute Gasteiger partial charge is 0.479 e. The van der Waals surface area contributed by atoms with Crippen molar-refractivity contribution in [1.29, 1.82) is 0 Å². The van der Waals surface area contributed by atoms with Crippen LogP contribution in [0.25, 0.3) is 11.3 Å². The van der Waals surface area contributed by atoms with E-state index in [0.717, 1.165) is 43.4 Å². The van der Waals surface area contributed by atoms with Crippen molar-refractivity contribution in [3.05, 3.63) is 70.8 Å². The molecule has 0 spiro atoms. The van der Waals surface area contributed by atoms with Crippen molar-refractivity contribution in [2.45, 2.75) is 19.4 Å². The second-order valence-corrected chi connectivity index (χ2v) is 8.76. The van der Waals surface area contributed by atoms with Gasteiger partial charge in [-0.25, -0.2) is 33.1 Å². The molecule has 3 aromatic heterocycles. The summed E-state index contributed by atoms with van der Waals surface area (Å²) in [5, 5.41) is 6.46. The maximum absolute atomic E-state index is 14.7. The number of ether oxygens (including phenoxy) is 1. The number of amides is 1. The number of nitrogens with one attached hydrogen (secondary N) is 1. The number of alkyl halides is 2. The zero-order valence-electron chi connectivity index (χ0n) is 19.9. The van der Waals surface area contributed by atoms with Gasteiger partial charge in [0.2, 0.25) is 11.8 Å². The Labute approximate surface area is 219 Å². The van der Waals surface area contributed by atoms with E-state index in [1.54, 1.807) is 23.3 Å². The minimum absolute atomic E-state index is 0.181. The molecule has 0 bridgehead atoms. The van der Waals surface area contributed by atoms with Gasteiger partial charge in [0, 0.05) is 48.4 Å². The third-order valence-electron chi connectivity index (χ3n) is 5.83. The van der Waals surface area contributed by atoms with Crippen LogP contribution in [0.2, 0.25) is 5.02 Å². The molecule has 1 saturated heterocycles. The van der Waals surface area contributed by atoms with Gasteiger partial charge in [0.05, 0.1) is 42.5 Å². The third-order valence-corrected chi connectivity index (χ3v) is 6.12. The van der Waals surface area contributed by atoms with Gasteiger partial charge in [-0.05, 0) is 12.5 Å². The summed E-state index contributed by atoms with van der Waals surface area (Å²) in [6.07, 6.45) is 5.58. The molecule has 1 amide bonds. The lowest BCUT2D eigenvalue weighted by atomic mass is 10.0. The summed E-state index contributed by atoms with van der Waals surface area (Å²) in [5.41, 5.74) is -0.692. The Morgan fingerprint density at radius 3 is 2.58 bits per heavy atom. The van der Waals surface area contributed by atoms with Crippen LogP contribution in [0, 0.1) is 5.82 Å². The van der Waals surface area contributed by atoms with Gasteiger partial charge in [-0.2, -0.15) is 5.10 Å². The number of carbonyl (C=O) groups excluding carboxylic acids is 1. The molecule has 4 heterocycles. The highest BCUT2D eigenvalue weighted by atomic mass is 35.5. The summed E-state index contributed by atoms with van der Waals surface area (Å²) < 4.78 is 48.6. The number of aromatic nitrogens is 6.